The smallest absolute Gasteiger partial charge is 0.365 e. The number of oxime groups is 1. The zero-order valence-electron chi connectivity index (χ0n) is 17.8. The monoisotopic (exact) mass is 402 g/mol. The van der Waals surface area contributed by atoms with E-state index in [1.54, 1.807) is 31.4 Å². The fourth-order valence-electron chi connectivity index (χ4n) is 4.07. The molecule has 30 heavy (non-hydrogen) atoms. The second kappa shape index (κ2) is 7.82. The number of fused-ring (bicyclic) bond motifs is 1. The number of carbonyl (C=O) groups excluding carboxylic acids is 1. The molecule has 0 bridgehead atoms. The number of nitrogens with zero attached hydrogens (tertiary/aromatic N) is 2. The van der Waals surface area contributed by atoms with Crippen LogP contribution in [0.2, 0.25) is 0 Å². The summed E-state index contributed by atoms with van der Waals surface area (Å²) in [4.78, 5) is 17.8. The van der Waals surface area contributed by atoms with Crippen molar-refractivity contribution in [3.63, 3.8) is 0 Å². The van der Waals surface area contributed by atoms with Gasteiger partial charge in [0.2, 0.25) is 0 Å². The third-order valence-electron chi connectivity index (χ3n) is 5.47. The summed E-state index contributed by atoms with van der Waals surface area (Å²) in [5.41, 5.74) is 5.78. The van der Waals surface area contributed by atoms with E-state index in [-0.39, 0.29) is 5.41 Å². The number of hydrogen-bond donors (Lipinski definition) is 0. The topological polar surface area (TPSA) is 52.8 Å². The molecule has 0 saturated heterocycles. The Morgan fingerprint density at radius 1 is 1.03 bits per heavy atom. The van der Waals surface area contributed by atoms with Crippen LogP contribution >= 0.6 is 0 Å². The number of para-hydroxylation sites is 1. The average molecular weight is 402 g/mol. The molecule has 0 unspecified atom stereocenters. The van der Waals surface area contributed by atoms with Gasteiger partial charge in [-0.25, -0.2) is 4.79 Å². The second-order valence-corrected chi connectivity index (χ2v) is 8.48. The third-order valence-corrected chi connectivity index (χ3v) is 5.47. The minimum atomic E-state index is -0.478. The van der Waals surface area contributed by atoms with E-state index in [0.717, 1.165) is 35.5 Å². The number of benzene rings is 2. The van der Waals surface area contributed by atoms with Crippen LogP contribution in [0.15, 0.2) is 65.8 Å². The van der Waals surface area contributed by atoms with Gasteiger partial charge in [-0.2, -0.15) is 0 Å². The Hall–Kier alpha value is -3.34. The minimum absolute atomic E-state index is 0.00960. The Morgan fingerprint density at radius 2 is 1.73 bits per heavy atom. The molecule has 1 aliphatic carbocycles. The van der Waals surface area contributed by atoms with Crippen molar-refractivity contribution >= 4 is 11.7 Å². The fraction of sp³-hybridized carbons (Fsp3) is 0.280. The first-order valence-corrected chi connectivity index (χ1v) is 10.1. The minimum Gasteiger partial charge on any atom is -0.497 e. The van der Waals surface area contributed by atoms with Crippen LogP contribution in [0.5, 0.6) is 5.75 Å². The van der Waals surface area contributed by atoms with E-state index in [0.29, 0.717) is 11.3 Å². The Labute approximate surface area is 176 Å². The number of aromatic nitrogens is 1. The van der Waals surface area contributed by atoms with Gasteiger partial charge in [0, 0.05) is 22.6 Å². The lowest BCUT2D eigenvalue weighted by molar-refractivity contribution is 0.0514. The van der Waals surface area contributed by atoms with Crippen molar-refractivity contribution < 1.29 is 14.4 Å². The molecule has 3 aromatic rings. The summed E-state index contributed by atoms with van der Waals surface area (Å²) in [6.07, 6.45) is 1.67. The maximum absolute atomic E-state index is 12.5. The Balaban J connectivity index is 1.67. The molecule has 0 saturated carbocycles. The maximum atomic E-state index is 12.5. The van der Waals surface area contributed by atoms with Crippen LogP contribution in [-0.4, -0.2) is 23.4 Å². The van der Waals surface area contributed by atoms with Gasteiger partial charge in [0.15, 0.2) is 0 Å². The van der Waals surface area contributed by atoms with Crippen molar-refractivity contribution in [2.24, 2.45) is 10.6 Å². The highest BCUT2D eigenvalue weighted by molar-refractivity contribution is 6.03. The summed E-state index contributed by atoms with van der Waals surface area (Å²) in [6.45, 7) is 6.53. The van der Waals surface area contributed by atoms with E-state index in [9.17, 15) is 4.79 Å². The zero-order chi connectivity index (χ0) is 21.3. The van der Waals surface area contributed by atoms with Crippen LogP contribution in [0.4, 0.5) is 0 Å². The van der Waals surface area contributed by atoms with Crippen LogP contribution in [0, 0.1) is 12.3 Å². The molecule has 5 heteroatoms. The van der Waals surface area contributed by atoms with Crippen molar-refractivity contribution in [1.29, 1.82) is 0 Å². The predicted molar refractivity (Wildman–Crippen MR) is 118 cm³/mol. The van der Waals surface area contributed by atoms with Crippen molar-refractivity contribution in [1.82, 2.24) is 4.57 Å². The summed E-state index contributed by atoms with van der Waals surface area (Å²) in [5.74, 6) is 0.212. The molecular weight excluding hydrogens is 376 g/mol. The first kappa shape index (κ1) is 20.0. The van der Waals surface area contributed by atoms with Gasteiger partial charge in [0.1, 0.15) is 5.75 Å². The normalized spacial score (nSPS) is 16.2. The molecule has 0 N–H and O–H groups in total. The largest absolute Gasteiger partial charge is 0.497 e. The summed E-state index contributed by atoms with van der Waals surface area (Å²) in [6, 6.07) is 19.3. The van der Waals surface area contributed by atoms with Gasteiger partial charge in [-0.05, 0) is 67.6 Å². The Bertz CT molecular complexity index is 1090. The molecule has 0 fully saturated rings. The number of aryl methyl sites for hydroxylation is 1. The molecular formula is C25H26N2O3. The highest BCUT2D eigenvalue weighted by Gasteiger charge is 2.33. The Kier molecular flexibility index (Phi) is 5.20. The molecule has 2 aromatic carbocycles. The van der Waals surface area contributed by atoms with E-state index in [4.69, 9.17) is 9.57 Å². The van der Waals surface area contributed by atoms with Crippen LogP contribution in [-0.2, 0) is 11.3 Å². The zero-order valence-corrected chi connectivity index (χ0v) is 17.8. The fourth-order valence-corrected chi connectivity index (χ4v) is 4.07. The van der Waals surface area contributed by atoms with Crippen LogP contribution in [0.25, 0.3) is 5.69 Å². The number of ether oxygens (including phenoxy) is 1. The molecule has 0 amide bonds. The summed E-state index contributed by atoms with van der Waals surface area (Å²) in [7, 11) is 1.59. The molecule has 0 aliphatic heterocycles. The molecule has 0 radical (unpaired) electrons. The van der Waals surface area contributed by atoms with Gasteiger partial charge >= 0.3 is 5.97 Å². The van der Waals surface area contributed by atoms with Gasteiger partial charge in [0.25, 0.3) is 0 Å². The van der Waals surface area contributed by atoms with Crippen LogP contribution < -0.4 is 4.74 Å². The standard InChI is InChI=1S/C25H26N2O3/c1-17-14-21-22(26-30-24(28)18-10-12-20(29-4)13-11-18)15-25(2,3)16-23(21)27(17)19-8-6-5-7-9-19/h5-14H,15-16H2,1-4H3/b26-22+. The van der Waals surface area contributed by atoms with Gasteiger partial charge in [-0.3, -0.25) is 0 Å². The van der Waals surface area contributed by atoms with Crippen LogP contribution in [0.1, 0.15) is 47.6 Å². The quantitative estimate of drug-likeness (QED) is 0.438. The molecule has 0 spiro atoms. The van der Waals surface area contributed by atoms with E-state index < -0.39 is 5.97 Å². The van der Waals surface area contributed by atoms with Crippen LogP contribution in [0.3, 0.4) is 0 Å². The maximum Gasteiger partial charge on any atom is 0.365 e. The Morgan fingerprint density at radius 3 is 2.40 bits per heavy atom. The number of hydrogen-bond acceptors (Lipinski definition) is 4. The number of carbonyl (C=O) groups is 1. The summed E-state index contributed by atoms with van der Waals surface area (Å²) >= 11 is 0. The van der Waals surface area contributed by atoms with Gasteiger partial charge < -0.3 is 14.1 Å². The van der Waals surface area contributed by atoms with Gasteiger partial charge in [0.05, 0.1) is 18.4 Å². The van der Waals surface area contributed by atoms with E-state index in [1.807, 2.05) is 18.2 Å². The molecule has 154 valence electrons. The van der Waals surface area contributed by atoms with Gasteiger partial charge in [-0.15, -0.1) is 0 Å². The first-order chi connectivity index (χ1) is 14.4. The summed E-state index contributed by atoms with van der Waals surface area (Å²) in [5, 5.41) is 4.31. The van der Waals surface area contributed by atoms with E-state index in [2.05, 4.69) is 48.7 Å². The highest BCUT2D eigenvalue weighted by Crippen LogP contribution is 2.38. The molecule has 1 heterocycles. The summed E-state index contributed by atoms with van der Waals surface area (Å²) < 4.78 is 7.41. The molecule has 0 atom stereocenters. The number of rotatable bonds is 4. The second-order valence-electron chi connectivity index (χ2n) is 8.48. The lowest BCUT2D eigenvalue weighted by atomic mass is 9.76. The van der Waals surface area contributed by atoms with Gasteiger partial charge in [-0.1, -0.05) is 37.2 Å². The highest BCUT2D eigenvalue weighted by atomic mass is 16.7. The predicted octanol–water partition coefficient (Wildman–Crippen LogP) is 5.33. The van der Waals surface area contributed by atoms with E-state index in [1.165, 1.54) is 5.69 Å². The van der Waals surface area contributed by atoms with Crippen molar-refractivity contribution in [3.05, 3.63) is 83.2 Å². The average Bonchev–Trinajstić information content (AvgIpc) is 3.07. The first-order valence-electron chi connectivity index (χ1n) is 10.1. The molecule has 1 aromatic heterocycles. The number of methoxy groups -OCH3 is 1. The molecule has 5 nitrogen and oxygen atoms in total. The molecule has 1 aliphatic rings. The SMILES string of the molecule is COc1ccc(C(=O)O/N=C2\CC(C)(C)Cc3c2cc(C)n3-c2ccccc2)cc1. The van der Waals surface area contributed by atoms with E-state index >= 15 is 0 Å². The third kappa shape index (κ3) is 3.88. The van der Waals surface area contributed by atoms with Crippen molar-refractivity contribution in [2.75, 3.05) is 7.11 Å². The van der Waals surface area contributed by atoms with Crippen molar-refractivity contribution in [2.45, 2.75) is 33.6 Å². The lowest BCUT2D eigenvalue weighted by Crippen LogP contribution is -2.28. The lowest BCUT2D eigenvalue weighted by Gasteiger charge is -2.31. The van der Waals surface area contributed by atoms with Crippen molar-refractivity contribution in [3.8, 4) is 11.4 Å². The molecule has 4 rings (SSSR count).